The molecule has 0 aromatic heterocycles. The Kier molecular flexibility index (Phi) is 3.83. The summed E-state index contributed by atoms with van der Waals surface area (Å²) in [5.74, 6) is 0.969. The van der Waals surface area contributed by atoms with E-state index >= 15 is 0 Å². The predicted molar refractivity (Wildman–Crippen MR) is 67.7 cm³/mol. The van der Waals surface area contributed by atoms with E-state index in [9.17, 15) is 0 Å². The molecule has 1 atom stereocenters. The molecular weight excluding hydrogens is 200 g/mol. The first kappa shape index (κ1) is 11.5. The first-order chi connectivity index (χ1) is 7.74. The molecule has 0 fully saturated rings. The second-order valence-electron chi connectivity index (χ2n) is 4.76. The Bertz CT molecular complexity index is 295. The van der Waals surface area contributed by atoms with Gasteiger partial charge in [-0.05, 0) is 20.3 Å². The quantitative estimate of drug-likeness (QED) is 0.686. The van der Waals surface area contributed by atoms with E-state index in [4.69, 9.17) is 0 Å². The van der Waals surface area contributed by atoms with Crippen LogP contribution in [0.1, 0.15) is 20.3 Å². The van der Waals surface area contributed by atoms with Crippen molar-refractivity contribution in [3.8, 4) is 0 Å². The standard InChI is InChI=1S/C12H22N4/c1-10-3-6-16(7-4-10)8-5-13-12-14-9-11(2)15-12/h3,11H,4-9H2,1-2H3,(H2,13,14,15). The third kappa shape index (κ3) is 3.23. The topological polar surface area (TPSA) is 39.7 Å². The summed E-state index contributed by atoms with van der Waals surface area (Å²) in [7, 11) is 0. The van der Waals surface area contributed by atoms with Gasteiger partial charge in [-0.15, -0.1) is 0 Å². The second-order valence-corrected chi connectivity index (χ2v) is 4.76. The maximum Gasteiger partial charge on any atom is 0.191 e. The third-order valence-corrected chi connectivity index (χ3v) is 3.15. The molecule has 16 heavy (non-hydrogen) atoms. The van der Waals surface area contributed by atoms with Gasteiger partial charge in [0.05, 0.1) is 6.54 Å². The number of nitrogens with one attached hydrogen (secondary N) is 2. The summed E-state index contributed by atoms with van der Waals surface area (Å²) in [5, 5.41) is 6.65. The predicted octanol–water partition coefficient (Wildman–Crippen LogP) is 0.576. The Morgan fingerprint density at radius 1 is 1.62 bits per heavy atom. The Balaban J connectivity index is 1.62. The molecule has 0 aromatic carbocycles. The first-order valence-corrected chi connectivity index (χ1v) is 6.17. The zero-order valence-corrected chi connectivity index (χ0v) is 10.3. The monoisotopic (exact) mass is 222 g/mol. The highest BCUT2D eigenvalue weighted by atomic mass is 15.2. The van der Waals surface area contributed by atoms with Crippen molar-refractivity contribution >= 4 is 5.96 Å². The van der Waals surface area contributed by atoms with Crippen LogP contribution in [0.5, 0.6) is 0 Å². The summed E-state index contributed by atoms with van der Waals surface area (Å²) >= 11 is 0. The van der Waals surface area contributed by atoms with Gasteiger partial charge >= 0.3 is 0 Å². The van der Waals surface area contributed by atoms with Crippen LogP contribution < -0.4 is 10.6 Å². The van der Waals surface area contributed by atoms with Crippen LogP contribution in [-0.2, 0) is 0 Å². The minimum absolute atomic E-state index is 0.489. The van der Waals surface area contributed by atoms with E-state index < -0.39 is 0 Å². The number of rotatable bonds is 3. The first-order valence-electron chi connectivity index (χ1n) is 6.17. The lowest BCUT2D eigenvalue weighted by Crippen LogP contribution is -2.42. The fourth-order valence-electron chi connectivity index (χ4n) is 2.01. The minimum Gasteiger partial charge on any atom is -0.355 e. The zero-order valence-electron chi connectivity index (χ0n) is 10.3. The van der Waals surface area contributed by atoms with Crippen molar-refractivity contribution in [2.75, 3.05) is 32.7 Å². The van der Waals surface area contributed by atoms with Crippen LogP contribution in [0.15, 0.2) is 16.6 Å². The molecule has 0 spiro atoms. The van der Waals surface area contributed by atoms with E-state index in [1.165, 1.54) is 18.5 Å². The van der Waals surface area contributed by atoms with Crippen molar-refractivity contribution in [3.05, 3.63) is 11.6 Å². The highest BCUT2D eigenvalue weighted by Crippen LogP contribution is 2.08. The molecule has 2 N–H and O–H groups in total. The van der Waals surface area contributed by atoms with Crippen molar-refractivity contribution < 1.29 is 0 Å². The molecule has 4 nitrogen and oxygen atoms in total. The van der Waals surface area contributed by atoms with Crippen molar-refractivity contribution in [1.29, 1.82) is 0 Å². The van der Waals surface area contributed by atoms with E-state index in [2.05, 4.69) is 40.4 Å². The highest BCUT2D eigenvalue weighted by molar-refractivity contribution is 5.81. The van der Waals surface area contributed by atoms with Crippen LogP contribution in [0, 0.1) is 0 Å². The summed E-state index contributed by atoms with van der Waals surface area (Å²) in [6.45, 7) is 9.63. The number of hydrogen-bond donors (Lipinski definition) is 2. The van der Waals surface area contributed by atoms with Gasteiger partial charge in [-0.3, -0.25) is 9.89 Å². The molecule has 0 aromatic rings. The average molecular weight is 222 g/mol. The largest absolute Gasteiger partial charge is 0.355 e. The normalized spacial score (nSPS) is 26.0. The van der Waals surface area contributed by atoms with Gasteiger partial charge in [0, 0.05) is 32.2 Å². The molecule has 0 saturated carbocycles. The van der Waals surface area contributed by atoms with Crippen LogP contribution in [0.2, 0.25) is 0 Å². The lowest BCUT2D eigenvalue weighted by molar-refractivity contribution is 0.298. The highest BCUT2D eigenvalue weighted by Gasteiger charge is 2.12. The second kappa shape index (κ2) is 5.34. The number of nitrogens with zero attached hydrogens (tertiary/aromatic N) is 2. The molecule has 0 amide bonds. The fourth-order valence-corrected chi connectivity index (χ4v) is 2.01. The molecule has 2 aliphatic heterocycles. The Labute approximate surface area is 97.8 Å². The lowest BCUT2D eigenvalue weighted by atomic mass is 10.1. The van der Waals surface area contributed by atoms with Gasteiger partial charge in [-0.25, -0.2) is 0 Å². The van der Waals surface area contributed by atoms with E-state index in [-0.39, 0.29) is 0 Å². The van der Waals surface area contributed by atoms with Gasteiger partial charge in [0.15, 0.2) is 5.96 Å². The number of aliphatic imine (C=N–C) groups is 1. The van der Waals surface area contributed by atoms with Gasteiger partial charge in [0.1, 0.15) is 0 Å². The summed E-state index contributed by atoms with van der Waals surface area (Å²) in [6, 6.07) is 0.489. The summed E-state index contributed by atoms with van der Waals surface area (Å²) in [6.07, 6.45) is 3.55. The van der Waals surface area contributed by atoms with E-state index in [1.54, 1.807) is 0 Å². The Hall–Kier alpha value is -1.03. The maximum absolute atomic E-state index is 4.38. The van der Waals surface area contributed by atoms with E-state index in [0.717, 1.165) is 32.1 Å². The molecule has 2 aliphatic rings. The molecule has 0 aliphatic carbocycles. The molecule has 1 unspecified atom stereocenters. The SMILES string of the molecule is CC1=CCN(CCNC2=NCC(C)N2)CC1. The van der Waals surface area contributed by atoms with Crippen molar-refractivity contribution in [3.63, 3.8) is 0 Å². The molecule has 4 heteroatoms. The summed E-state index contributed by atoms with van der Waals surface area (Å²) in [5.41, 5.74) is 1.53. The Morgan fingerprint density at radius 2 is 2.50 bits per heavy atom. The van der Waals surface area contributed by atoms with Crippen LogP contribution in [0.25, 0.3) is 0 Å². The van der Waals surface area contributed by atoms with Gasteiger partial charge in [-0.2, -0.15) is 0 Å². The molecular formula is C12H22N4. The number of guanidine groups is 1. The van der Waals surface area contributed by atoms with E-state index in [1.807, 2.05) is 0 Å². The fraction of sp³-hybridized carbons (Fsp3) is 0.750. The van der Waals surface area contributed by atoms with Gasteiger partial charge < -0.3 is 10.6 Å². The average Bonchev–Trinajstić information content (AvgIpc) is 2.67. The Morgan fingerprint density at radius 3 is 3.12 bits per heavy atom. The molecule has 0 saturated heterocycles. The van der Waals surface area contributed by atoms with Crippen molar-refractivity contribution in [2.24, 2.45) is 4.99 Å². The third-order valence-electron chi connectivity index (χ3n) is 3.15. The van der Waals surface area contributed by atoms with E-state index in [0.29, 0.717) is 6.04 Å². The molecule has 90 valence electrons. The van der Waals surface area contributed by atoms with Crippen molar-refractivity contribution in [2.45, 2.75) is 26.3 Å². The summed E-state index contributed by atoms with van der Waals surface area (Å²) < 4.78 is 0. The van der Waals surface area contributed by atoms with Crippen LogP contribution in [0.4, 0.5) is 0 Å². The lowest BCUT2D eigenvalue weighted by Gasteiger charge is -2.25. The molecule has 0 radical (unpaired) electrons. The van der Waals surface area contributed by atoms with Crippen LogP contribution in [0.3, 0.4) is 0 Å². The maximum atomic E-state index is 4.38. The zero-order chi connectivity index (χ0) is 11.4. The van der Waals surface area contributed by atoms with Crippen LogP contribution in [-0.4, -0.2) is 49.6 Å². The van der Waals surface area contributed by atoms with Gasteiger partial charge in [-0.1, -0.05) is 11.6 Å². The smallest absolute Gasteiger partial charge is 0.191 e. The van der Waals surface area contributed by atoms with Gasteiger partial charge in [0.25, 0.3) is 0 Å². The minimum atomic E-state index is 0.489. The molecule has 0 bridgehead atoms. The molecule has 2 heterocycles. The van der Waals surface area contributed by atoms with Crippen molar-refractivity contribution in [1.82, 2.24) is 15.5 Å². The number of hydrogen-bond acceptors (Lipinski definition) is 4. The van der Waals surface area contributed by atoms with Gasteiger partial charge in [0.2, 0.25) is 0 Å². The summed E-state index contributed by atoms with van der Waals surface area (Å²) in [4.78, 5) is 6.85. The van der Waals surface area contributed by atoms with Crippen LogP contribution >= 0.6 is 0 Å². The molecule has 2 rings (SSSR count).